The van der Waals surface area contributed by atoms with E-state index in [9.17, 15) is 4.79 Å². The van der Waals surface area contributed by atoms with Crippen molar-refractivity contribution in [1.29, 1.82) is 0 Å². The van der Waals surface area contributed by atoms with Gasteiger partial charge in [0.25, 0.3) is 0 Å². The summed E-state index contributed by atoms with van der Waals surface area (Å²) in [5.74, 6) is -0.211. The van der Waals surface area contributed by atoms with E-state index in [4.69, 9.17) is 10.5 Å². The molecule has 0 amide bonds. The van der Waals surface area contributed by atoms with Crippen LogP contribution >= 0.6 is 15.9 Å². The van der Waals surface area contributed by atoms with Crippen molar-refractivity contribution in [3.8, 4) is 0 Å². The van der Waals surface area contributed by atoms with Crippen molar-refractivity contribution in [2.75, 3.05) is 12.3 Å². The number of nitrogens with two attached hydrogens (primary N) is 1. The van der Waals surface area contributed by atoms with Gasteiger partial charge in [-0.15, -0.1) is 0 Å². The summed E-state index contributed by atoms with van der Waals surface area (Å²) in [6.07, 6.45) is 0.290. The maximum absolute atomic E-state index is 11.3. The monoisotopic (exact) mass is 271 g/mol. The highest BCUT2D eigenvalue weighted by Crippen LogP contribution is 2.24. The Hall–Kier alpha value is -1.03. The second-order valence-electron chi connectivity index (χ2n) is 3.28. The van der Waals surface area contributed by atoms with Gasteiger partial charge < -0.3 is 10.5 Å². The average molecular weight is 272 g/mol. The smallest absolute Gasteiger partial charge is 0.310 e. The van der Waals surface area contributed by atoms with E-state index in [1.165, 1.54) is 0 Å². The molecule has 0 radical (unpaired) electrons. The highest BCUT2D eigenvalue weighted by atomic mass is 79.9. The van der Waals surface area contributed by atoms with Gasteiger partial charge in [0.1, 0.15) is 0 Å². The fraction of sp³-hybridized carbons (Fsp3) is 0.364. The molecule has 15 heavy (non-hydrogen) atoms. The number of anilines is 1. The van der Waals surface area contributed by atoms with E-state index < -0.39 is 0 Å². The summed E-state index contributed by atoms with van der Waals surface area (Å²) in [6.45, 7) is 4.13. The van der Waals surface area contributed by atoms with E-state index in [1.807, 2.05) is 19.1 Å². The number of aryl methyl sites for hydroxylation is 1. The molecule has 0 bridgehead atoms. The third-order valence-electron chi connectivity index (χ3n) is 2.10. The molecule has 0 saturated heterocycles. The third-order valence-corrected chi connectivity index (χ3v) is 2.78. The molecule has 0 spiro atoms. The third kappa shape index (κ3) is 3.23. The lowest BCUT2D eigenvalue weighted by Crippen LogP contribution is -2.08. The van der Waals surface area contributed by atoms with Crippen molar-refractivity contribution < 1.29 is 9.53 Å². The van der Waals surface area contributed by atoms with E-state index in [-0.39, 0.29) is 5.97 Å². The van der Waals surface area contributed by atoms with E-state index >= 15 is 0 Å². The molecule has 82 valence electrons. The molecule has 2 N–H and O–H groups in total. The molecule has 0 saturated carbocycles. The number of rotatable bonds is 3. The van der Waals surface area contributed by atoms with Crippen molar-refractivity contribution in [2.45, 2.75) is 20.3 Å². The first kappa shape index (κ1) is 12.0. The summed E-state index contributed by atoms with van der Waals surface area (Å²) in [6, 6.07) is 3.71. The molecule has 0 fully saturated rings. The van der Waals surface area contributed by atoms with Crippen LogP contribution in [0.25, 0.3) is 0 Å². The zero-order valence-electron chi connectivity index (χ0n) is 8.84. The Labute approximate surface area is 97.7 Å². The Bertz CT molecular complexity index is 377. The van der Waals surface area contributed by atoms with E-state index in [1.54, 1.807) is 6.92 Å². The topological polar surface area (TPSA) is 52.3 Å². The molecule has 0 aliphatic rings. The summed E-state index contributed by atoms with van der Waals surface area (Å²) in [4.78, 5) is 11.3. The number of ether oxygens (including phenoxy) is 1. The predicted octanol–water partition coefficient (Wildman–Crippen LogP) is 2.45. The molecule has 0 unspecified atom stereocenters. The van der Waals surface area contributed by atoms with Crippen LogP contribution < -0.4 is 5.73 Å². The number of halogens is 1. The Morgan fingerprint density at radius 3 is 2.80 bits per heavy atom. The molecule has 0 atom stereocenters. The Kier molecular flexibility index (Phi) is 4.15. The minimum Gasteiger partial charge on any atom is -0.466 e. The zero-order valence-corrected chi connectivity index (χ0v) is 10.4. The van der Waals surface area contributed by atoms with Crippen molar-refractivity contribution in [3.63, 3.8) is 0 Å². The number of carbonyl (C=O) groups excluding carboxylic acids is 1. The number of hydrogen-bond acceptors (Lipinski definition) is 3. The van der Waals surface area contributed by atoms with Gasteiger partial charge in [-0.2, -0.15) is 0 Å². The molecular formula is C11H14BrNO2. The molecule has 0 heterocycles. The molecule has 0 aliphatic heterocycles. The average Bonchev–Trinajstić information content (AvgIpc) is 2.14. The molecule has 1 aromatic carbocycles. The van der Waals surface area contributed by atoms with Crippen LogP contribution in [0.4, 0.5) is 5.69 Å². The van der Waals surface area contributed by atoms with Crippen LogP contribution in [0.2, 0.25) is 0 Å². The first-order valence-corrected chi connectivity index (χ1v) is 5.54. The molecule has 0 aliphatic carbocycles. The van der Waals surface area contributed by atoms with Crippen LogP contribution in [0.5, 0.6) is 0 Å². The predicted molar refractivity (Wildman–Crippen MR) is 63.6 cm³/mol. The number of benzene rings is 1. The van der Waals surface area contributed by atoms with Gasteiger partial charge in [-0.1, -0.05) is 0 Å². The van der Waals surface area contributed by atoms with Crippen LogP contribution in [0.1, 0.15) is 18.1 Å². The van der Waals surface area contributed by atoms with Crippen LogP contribution in [0.15, 0.2) is 16.6 Å². The largest absolute Gasteiger partial charge is 0.466 e. The second kappa shape index (κ2) is 5.16. The molecule has 0 aromatic heterocycles. The summed E-state index contributed by atoms with van der Waals surface area (Å²) < 4.78 is 5.70. The van der Waals surface area contributed by atoms with Crippen LogP contribution in [0, 0.1) is 6.92 Å². The van der Waals surface area contributed by atoms with Crippen LogP contribution in [-0.2, 0) is 16.0 Å². The summed E-state index contributed by atoms with van der Waals surface area (Å²) in [5, 5.41) is 0. The van der Waals surface area contributed by atoms with Gasteiger partial charge in [0, 0.05) is 10.2 Å². The minimum absolute atomic E-state index is 0.211. The van der Waals surface area contributed by atoms with Gasteiger partial charge in [-0.05, 0) is 53.0 Å². The quantitative estimate of drug-likeness (QED) is 0.679. The first-order chi connectivity index (χ1) is 7.04. The standard InChI is InChI=1S/C11H14BrNO2/c1-3-15-11(14)6-8-5-9(12)10(13)4-7(8)2/h4-5H,3,6,13H2,1-2H3. The molecule has 3 nitrogen and oxygen atoms in total. The van der Waals surface area contributed by atoms with Crippen molar-refractivity contribution in [3.05, 3.63) is 27.7 Å². The number of carbonyl (C=O) groups is 1. The maximum atomic E-state index is 11.3. The van der Waals surface area contributed by atoms with Crippen molar-refractivity contribution in [1.82, 2.24) is 0 Å². The molecule has 4 heteroatoms. The fourth-order valence-corrected chi connectivity index (χ4v) is 1.69. The van der Waals surface area contributed by atoms with Gasteiger partial charge >= 0.3 is 5.97 Å². The van der Waals surface area contributed by atoms with Crippen LogP contribution in [-0.4, -0.2) is 12.6 Å². The van der Waals surface area contributed by atoms with Crippen molar-refractivity contribution in [2.24, 2.45) is 0 Å². The minimum atomic E-state index is -0.211. The molecule has 1 rings (SSSR count). The molecular weight excluding hydrogens is 258 g/mol. The molecule has 1 aromatic rings. The normalized spacial score (nSPS) is 10.1. The number of esters is 1. The van der Waals surface area contributed by atoms with Crippen LogP contribution in [0.3, 0.4) is 0 Å². The zero-order chi connectivity index (χ0) is 11.4. The lowest BCUT2D eigenvalue weighted by Gasteiger charge is -2.08. The highest BCUT2D eigenvalue weighted by molar-refractivity contribution is 9.10. The lowest BCUT2D eigenvalue weighted by atomic mass is 10.1. The Balaban J connectivity index is 2.86. The van der Waals surface area contributed by atoms with Gasteiger partial charge in [0.15, 0.2) is 0 Å². The summed E-state index contributed by atoms with van der Waals surface area (Å²) in [7, 11) is 0. The first-order valence-electron chi connectivity index (χ1n) is 4.74. The lowest BCUT2D eigenvalue weighted by molar-refractivity contribution is -0.142. The van der Waals surface area contributed by atoms with E-state index in [2.05, 4.69) is 15.9 Å². The van der Waals surface area contributed by atoms with Gasteiger partial charge in [0.05, 0.1) is 13.0 Å². The summed E-state index contributed by atoms with van der Waals surface area (Å²) >= 11 is 3.33. The van der Waals surface area contributed by atoms with Gasteiger partial charge in [0.2, 0.25) is 0 Å². The number of nitrogen functional groups attached to an aromatic ring is 1. The number of hydrogen-bond donors (Lipinski definition) is 1. The Morgan fingerprint density at radius 1 is 1.53 bits per heavy atom. The van der Waals surface area contributed by atoms with E-state index in [0.717, 1.165) is 15.6 Å². The maximum Gasteiger partial charge on any atom is 0.310 e. The van der Waals surface area contributed by atoms with Gasteiger partial charge in [-0.3, -0.25) is 4.79 Å². The fourth-order valence-electron chi connectivity index (χ4n) is 1.30. The summed E-state index contributed by atoms with van der Waals surface area (Å²) in [5.41, 5.74) is 8.34. The SMILES string of the molecule is CCOC(=O)Cc1cc(Br)c(N)cc1C. The van der Waals surface area contributed by atoms with Gasteiger partial charge in [-0.25, -0.2) is 0 Å². The Morgan fingerprint density at radius 2 is 2.20 bits per heavy atom. The second-order valence-corrected chi connectivity index (χ2v) is 4.14. The van der Waals surface area contributed by atoms with Crippen molar-refractivity contribution >= 4 is 27.6 Å². The highest BCUT2D eigenvalue weighted by Gasteiger charge is 2.08. The van der Waals surface area contributed by atoms with E-state index in [0.29, 0.717) is 18.7 Å².